The standard InChI is InChI=1S/C15H19NO/c1-2-3-4-5-14(10-11-17)15-8-6-13(12-16)7-9-15/h6-9,11,14H,2-5,10H2,1H3/t14-/m1/s1. The number of unbranched alkanes of at least 4 members (excludes halogenated alkanes) is 2. The van der Waals surface area contributed by atoms with Gasteiger partial charge in [-0.25, -0.2) is 0 Å². The number of carbonyl (C=O) groups excluding carboxylic acids is 1. The summed E-state index contributed by atoms with van der Waals surface area (Å²) in [7, 11) is 0. The molecule has 1 atom stereocenters. The van der Waals surface area contributed by atoms with Crippen LogP contribution in [0.1, 0.15) is 56.1 Å². The molecule has 0 spiro atoms. The Morgan fingerprint density at radius 3 is 2.53 bits per heavy atom. The summed E-state index contributed by atoms with van der Waals surface area (Å²) in [6.07, 6.45) is 6.20. The van der Waals surface area contributed by atoms with E-state index in [2.05, 4.69) is 13.0 Å². The van der Waals surface area contributed by atoms with Crippen LogP contribution in [0.4, 0.5) is 0 Å². The molecule has 0 bridgehead atoms. The van der Waals surface area contributed by atoms with Crippen molar-refractivity contribution in [3.05, 3.63) is 35.4 Å². The molecule has 2 nitrogen and oxygen atoms in total. The first-order chi connectivity index (χ1) is 8.31. The van der Waals surface area contributed by atoms with Crippen molar-refractivity contribution < 1.29 is 4.79 Å². The molecule has 0 aromatic heterocycles. The molecule has 0 aliphatic heterocycles. The van der Waals surface area contributed by atoms with Gasteiger partial charge in [-0.3, -0.25) is 0 Å². The maximum Gasteiger partial charge on any atom is 0.120 e. The first kappa shape index (κ1) is 13.4. The molecule has 0 aliphatic carbocycles. The molecule has 0 unspecified atom stereocenters. The summed E-state index contributed by atoms with van der Waals surface area (Å²) in [4.78, 5) is 10.7. The van der Waals surface area contributed by atoms with Gasteiger partial charge in [0.15, 0.2) is 0 Å². The van der Waals surface area contributed by atoms with Gasteiger partial charge in [0, 0.05) is 6.42 Å². The Morgan fingerprint density at radius 2 is 2.00 bits per heavy atom. The summed E-state index contributed by atoms with van der Waals surface area (Å²) in [6.45, 7) is 2.18. The van der Waals surface area contributed by atoms with E-state index in [9.17, 15) is 4.79 Å². The number of aldehydes is 1. The highest BCUT2D eigenvalue weighted by molar-refractivity contribution is 5.51. The largest absolute Gasteiger partial charge is 0.303 e. The molecular formula is C15H19NO. The van der Waals surface area contributed by atoms with Crippen LogP contribution in [0.2, 0.25) is 0 Å². The van der Waals surface area contributed by atoms with Crippen LogP contribution < -0.4 is 0 Å². The van der Waals surface area contributed by atoms with E-state index in [1.54, 1.807) is 0 Å². The Labute approximate surface area is 103 Å². The fraction of sp³-hybridized carbons (Fsp3) is 0.467. The molecule has 2 heteroatoms. The zero-order valence-corrected chi connectivity index (χ0v) is 10.4. The van der Waals surface area contributed by atoms with Crippen LogP contribution >= 0.6 is 0 Å². The van der Waals surface area contributed by atoms with Gasteiger partial charge in [0.05, 0.1) is 11.6 Å². The van der Waals surface area contributed by atoms with Crippen LogP contribution in [0.15, 0.2) is 24.3 Å². The second-order valence-corrected chi connectivity index (χ2v) is 4.33. The number of rotatable bonds is 7. The first-order valence-electron chi connectivity index (χ1n) is 6.25. The molecule has 17 heavy (non-hydrogen) atoms. The molecule has 0 heterocycles. The van der Waals surface area contributed by atoms with Crippen molar-refractivity contribution in [1.82, 2.24) is 0 Å². The van der Waals surface area contributed by atoms with E-state index in [1.807, 2.05) is 24.3 Å². The monoisotopic (exact) mass is 229 g/mol. The van der Waals surface area contributed by atoms with Gasteiger partial charge in [-0.15, -0.1) is 0 Å². The maximum absolute atomic E-state index is 10.7. The van der Waals surface area contributed by atoms with E-state index in [1.165, 1.54) is 18.4 Å². The third-order valence-corrected chi connectivity index (χ3v) is 3.05. The quantitative estimate of drug-likeness (QED) is 0.527. The van der Waals surface area contributed by atoms with Crippen molar-refractivity contribution in [2.24, 2.45) is 0 Å². The van der Waals surface area contributed by atoms with E-state index in [4.69, 9.17) is 5.26 Å². The Kier molecular flexibility index (Phi) is 6.03. The first-order valence-corrected chi connectivity index (χ1v) is 6.25. The van der Waals surface area contributed by atoms with Crippen molar-refractivity contribution >= 4 is 6.29 Å². The van der Waals surface area contributed by atoms with Crippen molar-refractivity contribution in [2.75, 3.05) is 0 Å². The molecule has 1 aromatic rings. The molecule has 0 fully saturated rings. The topological polar surface area (TPSA) is 40.9 Å². The van der Waals surface area contributed by atoms with Crippen LogP contribution in [0.25, 0.3) is 0 Å². The third kappa shape index (κ3) is 4.40. The van der Waals surface area contributed by atoms with E-state index in [0.717, 1.165) is 19.1 Å². The molecule has 0 amide bonds. The minimum atomic E-state index is 0.312. The van der Waals surface area contributed by atoms with Crippen LogP contribution in [-0.2, 0) is 4.79 Å². The Balaban J connectivity index is 2.67. The Morgan fingerprint density at radius 1 is 1.29 bits per heavy atom. The van der Waals surface area contributed by atoms with E-state index in [0.29, 0.717) is 17.9 Å². The Bertz CT molecular complexity index is 375. The fourth-order valence-corrected chi connectivity index (χ4v) is 2.01. The summed E-state index contributed by atoms with van der Waals surface area (Å²) in [5, 5.41) is 8.74. The molecule has 90 valence electrons. The second kappa shape index (κ2) is 7.62. The van der Waals surface area contributed by atoms with Crippen LogP contribution in [0.3, 0.4) is 0 Å². The van der Waals surface area contributed by atoms with Crippen LogP contribution in [0.5, 0.6) is 0 Å². The van der Waals surface area contributed by atoms with Gasteiger partial charge in [-0.1, -0.05) is 38.3 Å². The second-order valence-electron chi connectivity index (χ2n) is 4.33. The molecule has 0 radical (unpaired) electrons. The van der Waals surface area contributed by atoms with E-state index < -0.39 is 0 Å². The number of nitrogens with zero attached hydrogens (tertiary/aromatic N) is 1. The molecule has 0 aliphatic rings. The SMILES string of the molecule is CCCCC[C@H](CC=O)c1ccc(C#N)cc1. The molecule has 1 rings (SSSR count). The number of nitriles is 1. The summed E-state index contributed by atoms with van der Waals surface area (Å²) in [5.41, 5.74) is 1.85. The molecular weight excluding hydrogens is 210 g/mol. The van der Waals surface area contributed by atoms with Crippen LogP contribution in [-0.4, -0.2) is 6.29 Å². The van der Waals surface area contributed by atoms with Gasteiger partial charge in [0.25, 0.3) is 0 Å². The van der Waals surface area contributed by atoms with Gasteiger partial charge in [-0.05, 0) is 30.0 Å². The summed E-state index contributed by atoms with van der Waals surface area (Å²) in [5.74, 6) is 0.312. The molecule has 0 saturated heterocycles. The predicted molar refractivity (Wildman–Crippen MR) is 68.7 cm³/mol. The van der Waals surface area contributed by atoms with Crippen LogP contribution in [0, 0.1) is 11.3 Å². The highest BCUT2D eigenvalue weighted by atomic mass is 16.1. The summed E-state index contributed by atoms with van der Waals surface area (Å²) >= 11 is 0. The smallest absolute Gasteiger partial charge is 0.120 e. The molecule has 0 saturated carbocycles. The summed E-state index contributed by atoms with van der Waals surface area (Å²) < 4.78 is 0. The number of benzene rings is 1. The van der Waals surface area contributed by atoms with Crippen molar-refractivity contribution in [3.8, 4) is 6.07 Å². The average molecular weight is 229 g/mol. The lowest BCUT2D eigenvalue weighted by Gasteiger charge is -2.14. The Hall–Kier alpha value is -1.62. The normalized spacial score (nSPS) is 11.8. The fourth-order valence-electron chi connectivity index (χ4n) is 2.01. The van der Waals surface area contributed by atoms with Gasteiger partial charge in [-0.2, -0.15) is 5.26 Å². The highest BCUT2D eigenvalue weighted by Gasteiger charge is 2.10. The lowest BCUT2D eigenvalue weighted by atomic mass is 9.90. The zero-order valence-electron chi connectivity index (χ0n) is 10.4. The maximum atomic E-state index is 10.7. The highest BCUT2D eigenvalue weighted by Crippen LogP contribution is 2.25. The van der Waals surface area contributed by atoms with Gasteiger partial charge in [0.1, 0.15) is 6.29 Å². The van der Waals surface area contributed by atoms with Crippen molar-refractivity contribution in [1.29, 1.82) is 5.26 Å². The molecule has 1 aromatic carbocycles. The summed E-state index contributed by atoms with van der Waals surface area (Å²) in [6, 6.07) is 9.70. The number of hydrogen-bond acceptors (Lipinski definition) is 2. The van der Waals surface area contributed by atoms with Gasteiger partial charge < -0.3 is 4.79 Å². The van der Waals surface area contributed by atoms with Crippen molar-refractivity contribution in [2.45, 2.75) is 44.9 Å². The van der Waals surface area contributed by atoms with Gasteiger partial charge in [0.2, 0.25) is 0 Å². The lowest BCUT2D eigenvalue weighted by molar-refractivity contribution is -0.108. The average Bonchev–Trinajstić information content (AvgIpc) is 2.38. The van der Waals surface area contributed by atoms with Crippen molar-refractivity contribution in [3.63, 3.8) is 0 Å². The number of hydrogen-bond donors (Lipinski definition) is 0. The minimum Gasteiger partial charge on any atom is -0.303 e. The lowest BCUT2D eigenvalue weighted by Crippen LogP contribution is -2.00. The number of carbonyl (C=O) groups is 1. The van der Waals surface area contributed by atoms with Gasteiger partial charge >= 0.3 is 0 Å². The minimum absolute atomic E-state index is 0.312. The van der Waals surface area contributed by atoms with E-state index in [-0.39, 0.29) is 0 Å². The zero-order chi connectivity index (χ0) is 12.5. The third-order valence-electron chi connectivity index (χ3n) is 3.05. The van der Waals surface area contributed by atoms with E-state index >= 15 is 0 Å². The predicted octanol–water partition coefficient (Wildman–Crippen LogP) is 3.81. The molecule has 0 N–H and O–H groups in total.